The van der Waals surface area contributed by atoms with Crippen LogP contribution < -0.4 is 10.2 Å². The third-order valence-corrected chi connectivity index (χ3v) is 3.52. The lowest BCUT2D eigenvalue weighted by Crippen LogP contribution is -2.15. The molecule has 0 spiro atoms. The molecule has 0 bridgehead atoms. The van der Waals surface area contributed by atoms with Crippen molar-refractivity contribution in [2.24, 2.45) is 0 Å². The van der Waals surface area contributed by atoms with Crippen LogP contribution in [-0.4, -0.2) is 13.6 Å². The van der Waals surface area contributed by atoms with Crippen LogP contribution >= 0.6 is 0 Å². The molecule has 0 fully saturated rings. The second kappa shape index (κ2) is 7.23. The number of hydrogen-bond acceptors (Lipinski definition) is 2. The Balaban J connectivity index is 2.16. The molecule has 0 aliphatic rings. The van der Waals surface area contributed by atoms with Gasteiger partial charge in [-0.2, -0.15) is 0 Å². The number of nitrogens with zero attached hydrogens (tertiary/aromatic N) is 1. The van der Waals surface area contributed by atoms with Crippen molar-refractivity contribution in [1.29, 1.82) is 0 Å². The Morgan fingerprint density at radius 2 is 1.95 bits per heavy atom. The van der Waals surface area contributed by atoms with Gasteiger partial charge in [0.1, 0.15) is 5.82 Å². The van der Waals surface area contributed by atoms with E-state index in [0.717, 1.165) is 24.2 Å². The molecule has 0 saturated heterocycles. The van der Waals surface area contributed by atoms with Crippen LogP contribution in [0.4, 0.5) is 15.8 Å². The summed E-state index contributed by atoms with van der Waals surface area (Å²) in [4.78, 5) is 1.88. The van der Waals surface area contributed by atoms with Crippen LogP contribution in [0.2, 0.25) is 0 Å². The molecule has 0 amide bonds. The van der Waals surface area contributed by atoms with Crippen molar-refractivity contribution in [2.75, 3.05) is 18.5 Å². The van der Waals surface area contributed by atoms with E-state index in [1.165, 1.54) is 5.56 Å². The van der Waals surface area contributed by atoms with Gasteiger partial charge < -0.3 is 10.2 Å². The van der Waals surface area contributed by atoms with Crippen molar-refractivity contribution < 1.29 is 4.39 Å². The third kappa shape index (κ3) is 4.05. The van der Waals surface area contributed by atoms with Gasteiger partial charge in [0, 0.05) is 19.3 Å². The molecule has 3 heteroatoms. The standard InChI is InChI=1S/C18H23FN2/c1-4-10-20-13-15-8-9-18(17(19)12-15)21(3)16-7-5-6-14(2)11-16/h5-9,11-12,20H,4,10,13H2,1-3H3. The smallest absolute Gasteiger partial charge is 0.147 e. The number of aryl methyl sites for hydroxylation is 1. The van der Waals surface area contributed by atoms with Crippen molar-refractivity contribution >= 4 is 11.4 Å². The fraction of sp³-hybridized carbons (Fsp3) is 0.333. The first-order valence-corrected chi connectivity index (χ1v) is 7.41. The van der Waals surface area contributed by atoms with Crippen LogP contribution in [0.3, 0.4) is 0 Å². The summed E-state index contributed by atoms with van der Waals surface area (Å²) in [5.74, 6) is -0.185. The molecule has 2 aromatic carbocycles. The average Bonchev–Trinajstić information content (AvgIpc) is 2.47. The van der Waals surface area contributed by atoms with Gasteiger partial charge in [0.2, 0.25) is 0 Å². The molecule has 0 radical (unpaired) electrons. The molecule has 2 aromatic rings. The van der Waals surface area contributed by atoms with Crippen LogP contribution in [0, 0.1) is 12.7 Å². The largest absolute Gasteiger partial charge is 0.342 e. The minimum atomic E-state index is -0.185. The maximum absolute atomic E-state index is 14.3. The lowest BCUT2D eigenvalue weighted by molar-refractivity contribution is 0.619. The molecular formula is C18H23FN2. The number of rotatable bonds is 6. The van der Waals surface area contributed by atoms with Crippen LogP contribution in [0.5, 0.6) is 0 Å². The topological polar surface area (TPSA) is 15.3 Å². The maximum atomic E-state index is 14.3. The maximum Gasteiger partial charge on any atom is 0.147 e. The van der Waals surface area contributed by atoms with Gasteiger partial charge in [-0.3, -0.25) is 0 Å². The lowest BCUT2D eigenvalue weighted by atomic mass is 10.1. The Morgan fingerprint density at radius 3 is 2.62 bits per heavy atom. The molecule has 0 heterocycles. The molecule has 2 rings (SSSR count). The fourth-order valence-electron chi connectivity index (χ4n) is 2.32. The Hall–Kier alpha value is -1.87. The molecule has 1 N–H and O–H groups in total. The van der Waals surface area contributed by atoms with E-state index >= 15 is 0 Å². The highest BCUT2D eigenvalue weighted by Gasteiger charge is 2.10. The minimum absolute atomic E-state index is 0.185. The van der Waals surface area contributed by atoms with Gasteiger partial charge in [-0.15, -0.1) is 0 Å². The molecule has 0 aliphatic heterocycles. The third-order valence-electron chi connectivity index (χ3n) is 3.52. The van der Waals surface area contributed by atoms with Crippen molar-refractivity contribution in [3.05, 3.63) is 59.4 Å². The molecule has 0 aliphatic carbocycles. The van der Waals surface area contributed by atoms with Gasteiger partial charge in [0.25, 0.3) is 0 Å². The highest BCUT2D eigenvalue weighted by molar-refractivity contribution is 5.63. The summed E-state index contributed by atoms with van der Waals surface area (Å²) >= 11 is 0. The van der Waals surface area contributed by atoms with Gasteiger partial charge in [-0.05, 0) is 55.3 Å². The van der Waals surface area contributed by atoms with Gasteiger partial charge >= 0.3 is 0 Å². The van der Waals surface area contributed by atoms with E-state index in [1.807, 2.05) is 49.2 Å². The molecule has 0 atom stereocenters. The van der Waals surface area contributed by atoms with Gasteiger partial charge in [0.05, 0.1) is 5.69 Å². The van der Waals surface area contributed by atoms with Crippen molar-refractivity contribution in [3.8, 4) is 0 Å². The summed E-state index contributed by atoms with van der Waals surface area (Å²) in [5.41, 5.74) is 3.73. The highest BCUT2D eigenvalue weighted by atomic mass is 19.1. The summed E-state index contributed by atoms with van der Waals surface area (Å²) in [6.07, 6.45) is 1.08. The van der Waals surface area contributed by atoms with E-state index in [0.29, 0.717) is 12.2 Å². The van der Waals surface area contributed by atoms with E-state index in [1.54, 1.807) is 6.07 Å². The highest BCUT2D eigenvalue weighted by Crippen LogP contribution is 2.27. The van der Waals surface area contributed by atoms with E-state index in [9.17, 15) is 4.39 Å². The second-order valence-corrected chi connectivity index (χ2v) is 5.36. The Bertz CT molecular complexity index is 596. The normalized spacial score (nSPS) is 10.7. The van der Waals surface area contributed by atoms with E-state index < -0.39 is 0 Å². The van der Waals surface area contributed by atoms with E-state index in [-0.39, 0.29) is 5.82 Å². The van der Waals surface area contributed by atoms with Gasteiger partial charge in [0.15, 0.2) is 0 Å². The SMILES string of the molecule is CCCNCc1ccc(N(C)c2cccc(C)c2)c(F)c1. The Morgan fingerprint density at radius 1 is 1.14 bits per heavy atom. The van der Waals surface area contributed by atoms with E-state index in [4.69, 9.17) is 0 Å². The second-order valence-electron chi connectivity index (χ2n) is 5.36. The van der Waals surface area contributed by atoms with Crippen molar-refractivity contribution in [2.45, 2.75) is 26.8 Å². The first-order chi connectivity index (χ1) is 10.1. The number of benzene rings is 2. The molecule has 0 saturated carbocycles. The van der Waals surface area contributed by atoms with Crippen molar-refractivity contribution in [3.63, 3.8) is 0 Å². The van der Waals surface area contributed by atoms with Crippen LogP contribution in [0.15, 0.2) is 42.5 Å². The lowest BCUT2D eigenvalue weighted by Gasteiger charge is -2.21. The van der Waals surface area contributed by atoms with E-state index in [2.05, 4.69) is 18.3 Å². The molecular weight excluding hydrogens is 263 g/mol. The minimum Gasteiger partial charge on any atom is -0.342 e. The van der Waals surface area contributed by atoms with Gasteiger partial charge in [-0.1, -0.05) is 25.1 Å². The van der Waals surface area contributed by atoms with Crippen molar-refractivity contribution in [1.82, 2.24) is 5.32 Å². The Labute approximate surface area is 126 Å². The molecule has 0 unspecified atom stereocenters. The first-order valence-electron chi connectivity index (χ1n) is 7.41. The summed E-state index contributed by atoms with van der Waals surface area (Å²) in [6.45, 7) is 5.81. The molecule has 21 heavy (non-hydrogen) atoms. The molecule has 112 valence electrons. The zero-order valence-electron chi connectivity index (χ0n) is 13.0. The van der Waals surface area contributed by atoms with Gasteiger partial charge in [-0.25, -0.2) is 4.39 Å². The summed E-state index contributed by atoms with van der Waals surface area (Å²) in [6, 6.07) is 13.5. The predicted molar refractivity (Wildman–Crippen MR) is 87.6 cm³/mol. The summed E-state index contributed by atoms with van der Waals surface area (Å²) in [7, 11) is 1.89. The Kier molecular flexibility index (Phi) is 5.34. The monoisotopic (exact) mass is 286 g/mol. The van der Waals surface area contributed by atoms with Crippen LogP contribution in [0.25, 0.3) is 0 Å². The zero-order valence-corrected chi connectivity index (χ0v) is 13.0. The number of anilines is 2. The number of nitrogens with one attached hydrogen (secondary N) is 1. The number of halogens is 1. The molecule has 2 nitrogen and oxygen atoms in total. The summed E-state index contributed by atoms with van der Waals surface area (Å²) in [5, 5.41) is 3.29. The fourth-order valence-corrected chi connectivity index (χ4v) is 2.32. The molecule has 0 aromatic heterocycles. The quantitative estimate of drug-likeness (QED) is 0.792. The predicted octanol–water partition coefficient (Wildman–Crippen LogP) is 4.40. The summed E-state index contributed by atoms with van der Waals surface area (Å²) < 4.78 is 14.3. The zero-order chi connectivity index (χ0) is 15.2. The van der Waals surface area contributed by atoms with Crippen LogP contribution in [-0.2, 0) is 6.54 Å². The first kappa shape index (κ1) is 15.5. The number of hydrogen-bond donors (Lipinski definition) is 1. The van der Waals surface area contributed by atoms with Crippen LogP contribution in [0.1, 0.15) is 24.5 Å². The average molecular weight is 286 g/mol.